The van der Waals surface area contributed by atoms with Gasteiger partial charge in [0.1, 0.15) is 0 Å². The van der Waals surface area contributed by atoms with Gasteiger partial charge in [0.15, 0.2) is 0 Å². The molecule has 3 heteroatoms. The zero-order valence-electron chi connectivity index (χ0n) is 7.33. The molecule has 1 aromatic rings. The Morgan fingerprint density at radius 3 is 3.08 bits per heavy atom. The summed E-state index contributed by atoms with van der Waals surface area (Å²) in [4.78, 5) is 0. The molecule has 2 nitrogen and oxygen atoms in total. The summed E-state index contributed by atoms with van der Waals surface area (Å²) in [5.41, 5.74) is 1.33. The fourth-order valence-corrected chi connectivity index (χ4v) is 2.10. The Balaban J connectivity index is 2.19. The van der Waals surface area contributed by atoms with Crippen LogP contribution in [0.25, 0.3) is 0 Å². The number of aromatic nitrogens is 2. The summed E-state index contributed by atoms with van der Waals surface area (Å²) in [6.45, 7) is 0.841. The third-order valence-electron chi connectivity index (χ3n) is 2.27. The van der Waals surface area contributed by atoms with Gasteiger partial charge < -0.3 is 0 Å². The first-order chi connectivity index (χ1) is 6.33. The molecule has 0 unspecified atom stereocenters. The fourth-order valence-electron chi connectivity index (χ4n) is 1.48. The van der Waals surface area contributed by atoms with Crippen molar-refractivity contribution in [2.24, 2.45) is 0 Å². The van der Waals surface area contributed by atoms with Crippen molar-refractivity contribution in [2.45, 2.75) is 31.7 Å². The van der Waals surface area contributed by atoms with Crippen molar-refractivity contribution in [3.8, 4) is 12.3 Å². The molecule has 0 saturated heterocycles. The summed E-state index contributed by atoms with van der Waals surface area (Å²) in [7, 11) is 0. The van der Waals surface area contributed by atoms with Crippen molar-refractivity contribution in [1.29, 1.82) is 0 Å². The van der Waals surface area contributed by atoms with Gasteiger partial charge in [-0.25, -0.2) is 0 Å². The van der Waals surface area contributed by atoms with E-state index in [0.29, 0.717) is 0 Å². The first kappa shape index (κ1) is 8.83. The molecular weight excluding hydrogens is 228 g/mol. The van der Waals surface area contributed by atoms with Gasteiger partial charge in [-0.05, 0) is 28.8 Å². The van der Waals surface area contributed by atoms with Crippen LogP contribution in [0, 0.1) is 12.3 Å². The van der Waals surface area contributed by atoms with Gasteiger partial charge >= 0.3 is 0 Å². The summed E-state index contributed by atoms with van der Waals surface area (Å²) in [5.74, 6) is 3.35. The second-order valence-electron chi connectivity index (χ2n) is 3.33. The minimum atomic E-state index is 0.717. The Labute approximate surface area is 86.5 Å². The molecule has 0 radical (unpaired) electrons. The molecule has 1 heterocycles. The van der Waals surface area contributed by atoms with Gasteiger partial charge in [-0.15, -0.1) is 12.3 Å². The highest BCUT2D eigenvalue weighted by Gasteiger charge is 2.29. The molecular formula is C10H11BrN2. The van der Waals surface area contributed by atoms with Crippen molar-refractivity contribution in [3.05, 3.63) is 16.4 Å². The lowest BCUT2D eigenvalue weighted by atomic mass is 10.3. The Morgan fingerprint density at radius 1 is 1.69 bits per heavy atom. The lowest BCUT2D eigenvalue weighted by molar-refractivity contribution is 0.597. The maximum absolute atomic E-state index is 5.22. The summed E-state index contributed by atoms with van der Waals surface area (Å²) >= 11 is 3.51. The Kier molecular flexibility index (Phi) is 2.41. The average Bonchev–Trinajstić information content (AvgIpc) is 2.88. The molecule has 2 rings (SSSR count). The van der Waals surface area contributed by atoms with Crippen molar-refractivity contribution in [1.82, 2.24) is 9.78 Å². The average molecular weight is 239 g/mol. The van der Waals surface area contributed by atoms with Crippen LogP contribution < -0.4 is 0 Å². The topological polar surface area (TPSA) is 17.8 Å². The number of terminal acetylenes is 1. The summed E-state index contributed by atoms with van der Waals surface area (Å²) in [6.07, 6.45) is 10.4. The molecule has 1 aliphatic carbocycles. The van der Waals surface area contributed by atoms with E-state index in [2.05, 4.69) is 26.9 Å². The Morgan fingerprint density at radius 2 is 2.46 bits per heavy atom. The number of hydrogen-bond acceptors (Lipinski definition) is 1. The monoisotopic (exact) mass is 238 g/mol. The van der Waals surface area contributed by atoms with E-state index in [9.17, 15) is 0 Å². The Bertz CT molecular complexity index is 344. The molecule has 0 spiro atoms. The van der Waals surface area contributed by atoms with Crippen LogP contribution in [-0.2, 0) is 6.54 Å². The van der Waals surface area contributed by atoms with Gasteiger partial charge in [0, 0.05) is 12.3 Å². The molecule has 0 bridgehead atoms. The van der Waals surface area contributed by atoms with Crippen molar-refractivity contribution < 1.29 is 0 Å². The van der Waals surface area contributed by atoms with Crippen LogP contribution in [0.4, 0.5) is 0 Å². The fraction of sp³-hybridized carbons (Fsp3) is 0.500. The first-order valence-electron chi connectivity index (χ1n) is 4.47. The molecule has 0 N–H and O–H groups in total. The smallest absolute Gasteiger partial charge is 0.0635 e. The van der Waals surface area contributed by atoms with Gasteiger partial charge in [0.2, 0.25) is 0 Å². The number of aryl methyl sites for hydroxylation is 1. The van der Waals surface area contributed by atoms with Crippen LogP contribution in [-0.4, -0.2) is 9.78 Å². The third kappa shape index (κ3) is 1.78. The molecule has 68 valence electrons. The zero-order chi connectivity index (χ0) is 9.26. The number of halogens is 1. The van der Waals surface area contributed by atoms with Gasteiger partial charge in [0.25, 0.3) is 0 Å². The van der Waals surface area contributed by atoms with Crippen molar-refractivity contribution in [3.63, 3.8) is 0 Å². The third-order valence-corrected chi connectivity index (χ3v) is 2.88. The maximum Gasteiger partial charge on any atom is 0.0635 e. The molecule has 1 fully saturated rings. The maximum atomic E-state index is 5.22. The van der Waals surface area contributed by atoms with E-state index in [0.717, 1.165) is 23.4 Å². The van der Waals surface area contributed by atoms with Gasteiger partial charge in [0.05, 0.1) is 22.9 Å². The lowest BCUT2D eigenvalue weighted by Crippen LogP contribution is -2.03. The summed E-state index contributed by atoms with van der Waals surface area (Å²) in [6, 6.07) is 0. The number of nitrogens with zero attached hydrogens (tertiary/aromatic N) is 2. The standard InChI is InChI=1S/C10H11BrN2/c1-2-3-6-13-10(8-4-5-8)9(11)7-12-13/h1,7-8H,3-6H2. The molecule has 1 aliphatic rings. The van der Waals surface area contributed by atoms with E-state index >= 15 is 0 Å². The van der Waals surface area contributed by atoms with Crippen LogP contribution in [0.3, 0.4) is 0 Å². The molecule has 0 aliphatic heterocycles. The van der Waals surface area contributed by atoms with Crippen LogP contribution in [0.15, 0.2) is 10.7 Å². The van der Waals surface area contributed by atoms with Gasteiger partial charge in [-0.1, -0.05) is 0 Å². The number of hydrogen-bond donors (Lipinski definition) is 0. The van der Waals surface area contributed by atoms with E-state index in [-0.39, 0.29) is 0 Å². The molecule has 1 saturated carbocycles. The first-order valence-corrected chi connectivity index (χ1v) is 5.27. The predicted molar refractivity (Wildman–Crippen MR) is 55.4 cm³/mol. The van der Waals surface area contributed by atoms with Gasteiger partial charge in [-0.2, -0.15) is 5.10 Å². The van der Waals surface area contributed by atoms with Crippen LogP contribution in [0.2, 0.25) is 0 Å². The SMILES string of the molecule is C#CCCn1ncc(Br)c1C1CC1. The highest BCUT2D eigenvalue weighted by atomic mass is 79.9. The largest absolute Gasteiger partial charge is 0.267 e. The van der Waals surface area contributed by atoms with E-state index in [1.54, 1.807) is 0 Å². The predicted octanol–water partition coefficient (Wildman–Crippen LogP) is 2.55. The van der Waals surface area contributed by atoms with Gasteiger partial charge in [-0.3, -0.25) is 4.68 Å². The molecule has 0 aromatic carbocycles. The molecule has 1 aromatic heterocycles. The van der Waals surface area contributed by atoms with E-state index < -0.39 is 0 Å². The second-order valence-corrected chi connectivity index (χ2v) is 4.18. The second kappa shape index (κ2) is 3.55. The van der Waals surface area contributed by atoms with E-state index in [4.69, 9.17) is 6.42 Å². The van der Waals surface area contributed by atoms with E-state index in [1.807, 2.05) is 10.9 Å². The van der Waals surface area contributed by atoms with Crippen molar-refractivity contribution in [2.75, 3.05) is 0 Å². The zero-order valence-corrected chi connectivity index (χ0v) is 8.92. The minimum Gasteiger partial charge on any atom is -0.267 e. The minimum absolute atomic E-state index is 0.717. The normalized spacial score (nSPS) is 15.7. The summed E-state index contributed by atoms with van der Waals surface area (Å²) in [5, 5.41) is 4.29. The lowest BCUT2D eigenvalue weighted by Gasteiger charge is -2.04. The van der Waals surface area contributed by atoms with Crippen LogP contribution in [0.5, 0.6) is 0 Å². The van der Waals surface area contributed by atoms with E-state index in [1.165, 1.54) is 18.5 Å². The molecule has 0 atom stereocenters. The van der Waals surface area contributed by atoms with Crippen LogP contribution in [0.1, 0.15) is 30.9 Å². The van der Waals surface area contributed by atoms with Crippen molar-refractivity contribution >= 4 is 15.9 Å². The molecule has 0 amide bonds. The number of rotatable bonds is 3. The Hall–Kier alpha value is -0.750. The highest BCUT2D eigenvalue weighted by Crippen LogP contribution is 2.43. The summed E-state index contributed by atoms with van der Waals surface area (Å²) < 4.78 is 3.16. The highest BCUT2D eigenvalue weighted by molar-refractivity contribution is 9.10. The molecule has 13 heavy (non-hydrogen) atoms. The van der Waals surface area contributed by atoms with Crippen LogP contribution >= 0.6 is 15.9 Å². The quantitative estimate of drug-likeness (QED) is 0.741.